The Morgan fingerprint density at radius 2 is 0.441 bits per heavy atom. The summed E-state index contributed by atoms with van der Waals surface area (Å²) in [4.78, 5) is 0. The van der Waals surface area contributed by atoms with Crippen LogP contribution in [0.15, 0.2) is 0 Å². The van der Waals surface area contributed by atoms with Gasteiger partial charge in [0, 0.05) is 42.8 Å². The van der Waals surface area contributed by atoms with Gasteiger partial charge in [-0.1, -0.05) is 181 Å². The molecular formula is C32H66NaO. The Kier molecular flexibility index (Phi) is 39.4. The molecule has 0 saturated carbocycles. The van der Waals surface area contributed by atoms with Crippen LogP contribution in [0.4, 0.5) is 0 Å². The van der Waals surface area contributed by atoms with Gasteiger partial charge in [-0.25, -0.2) is 0 Å². The zero-order valence-electron chi connectivity index (χ0n) is 24.6. The van der Waals surface area contributed by atoms with Gasteiger partial charge in [-0.05, 0) is 12.8 Å². The van der Waals surface area contributed by atoms with Gasteiger partial charge in [0.25, 0.3) is 0 Å². The van der Waals surface area contributed by atoms with Crippen LogP contribution in [0, 0.1) is 0 Å². The molecule has 1 radical (unpaired) electrons. The normalized spacial score (nSPS) is 11.1. The zero-order chi connectivity index (χ0) is 23.9. The molecule has 0 aliphatic carbocycles. The maximum absolute atomic E-state index is 5.85. The molecule has 0 spiro atoms. The van der Waals surface area contributed by atoms with Gasteiger partial charge < -0.3 is 4.74 Å². The summed E-state index contributed by atoms with van der Waals surface area (Å²) in [5.41, 5.74) is 0. The Balaban J connectivity index is 0. The molecule has 0 aromatic heterocycles. The summed E-state index contributed by atoms with van der Waals surface area (Å²) in [5.74, 6) is 0. The molecular weight excluding hydrogens is 423 g/mol. The Labute approximate surface area is 240 Å². The van der Waals surface area contributed by atoms with E-state index in [1.54, 1.807) is 0 Å². The molecule has 0 aromatic carbocycles. The molecule has 0 fully saturated rings. The summed E-state index contributed by atoms with van der Waals surface area (Å²) in [5, 5.41) is 0. The van der Waals surface area contributed by atoms with E-state index < -0.39 is 0 Å². The van der Waals surface area contributed by atoms with Crippen LogP contribution in [0.25, 0.3) is 0 Å². The van der Waals surface area contributed by atoms with Gasteiger partial charge in [0.05, 0.1) is 0 Å². The molecule has 201 valence electrons. The van der Waals surface area contributed by atoms with Crippen molar-refractivity contribution in [3.05, 3.63) is 0 Å². The molecule has 0 aromatic rings. The van der Waals surface area contributed by atoms with Crippen molar-refractivity contribution in [2.45, 2.75) is 194 Å². The minimum atomic E-state index is 0. The van der Waals surface area contributed by atoms with E-state index in [1.165, 1.54) is 180 Å². The predicted octanol–water partition coefficient (Wildman–Crippen LogP) is 11.6. The van der Waals surface area contributed by atoms with E-state index in [0.717, 1.165) is 13.2 Å². The summed E-state index contributed by atoms with van der Waals surface area (Å²) in [6.45, 7) is 6.59. The van der Waals surface area contributed by atoms with Crippen LogP contribution >= 0.6 is 0 Å². The maximum atomic E-state index is 5.85. The first kappa shape index (κ1) is 37.1. The number of ether oxygens (including phenoxy) is 1. The van der Waals surface area contributed by atoms with Gasteiger partial charge in [0.1, 0.15) is 0 Å². The summed E-state index contributed by atoms with van der Waals surface area (Å²) in [7, 11) is 0. The first-order chi connectivity index (χ1) is 16.4. The van der Waals surface area contributed by atoms with Crippen molar-refractivity contribution in [1.82, 2.24) is 0 Å². The van der Waals surface area contributed by atoms with E-state index in [0.29, 0.717) is 0 Å². The molecule has 1 nitrogen and oxygen atoms in total. The molecule has 0 rings (SSSR count). The molecule has 0 saturated heterocycles. The Morgan fingerprint density at radius 1 is 0.265 bits per heavy atom. The molecule has 0 amide bonds. The van der Waals surface area contributed by atoms with Crippen LogP contribution in [0.5, 0.6) is 0 Å². The first-order valence-electron chi connectivity index (χ1n) is 16.0. The van der Waals surface area contributed by atoms with Crippen LogP contribution in [0.2, 0.25) is 0 Å². The molecule has 0 bridgehead atoms. The van der Waals surface area contributed by atoms with Gasteiger partial charge in [-0.3, -0.25) is 0 Å². The average Bonchev–Trinajstić information content (AvgIpc) is 2.83. The molecule has 2 heteroatoms. The number of hydrogen-bond donors (Lipinski definition) is 0. The Morgan fingerprint density at radius 3 is 0.647 bits per heavy atom. The standard InChI is InChI=1S/C32H66O.Na/c1-3-5-7-9-11-13-15-17-19-21-23-25-27-29-31-33-32-30-28-26-24-22-20-18-16-14-12-10-8-6-4-2;/h3-32H2,1-2H3;. The SMILES string of the molecule is CCCCCCCCCCCCCCCCOCCCCCCCCCCCCCCCC.[Na]. The maximum Gasteiger partial charge on any atom is 0.0466 e. The van der Waals surface area contributed by atoms with Crippen molar-refractivity contribution in [1.29, 1.82) is 0 Å². The van der Waals surface area contributed by atoms with Crippen molar-refractivity contribution in [2.75, 3.05) is 13.2 Å². The van der Waals surface area contributed by atoms with Crippen LogP contribution in [0.3, 0.4) is 0 Å². The molecule has 0 heterocycles. The third-order valence-corrected chi connectivity index (χ3v) is 7.28. The average molecular weight is 490 g/mol. The van der Waals surface area contributed by atoms with E-state index >= 15 is 0 Å². The van der Waals surface area contributed by atoms with Gasteiger partial charge in [-0.2, -0.15) is 0 Å². The predicted molar refractivity (Wildman–Crippen MR) is 157 cm³/mol. The largest absolute Gasteiger partial charge is 0.381 e. The zero-order valence-corrected chi connectivity index (χ0v) is 26.6. The monoisotopic (exact) mass is 490 g/mol. The van der Waals surface area contributed by atoms with Crippen molar-refractivity contribution >= 4 is 29.6 Å². The van der Waals surface area contributed by atoms with Crippen LogP contribution in [0.1, 0.15) is 194 Å². The van der Waals surface area contributed by atoms with E-state index in [2.05, 4.69) is 13.8 Å². The second-order valence-electron chi connectivity index (χ2n) is 10.8. The van der Waals surface area contributed by atoms with E-state index in [1.807, 2.05) is 0 Å². The van der Waals surface area contributed by atoms with E-state index in [9.17, 15) is 0 Å². The number of unbranched alkanes of at least 4 members (excludes halogenated alkanes) is 26. The van der Waals surface area contributed by atoms with Gasteiger partial charge in [0.15, 0.2) is 0 Å². The fraction of sp³-hybridized carbons (Fsp3) is 1.00. The van der Waals surface area contributed by atoms with Crippen molar-refractivity contribution in [3.8, 4) is 0 Å². The van der Waals surface area contributed by atoms with Crippen molar-refractivity contribution < 1.29 is 4.74 Å². The summed E-state index contributed by atoms with van der Waals surface area (Å²) >= 11 is 0. The number of hydrogen-bond acceptors (Lipinski definition) is 1. The van der Waals surface area contributed by atoms with Gasteiger partial charge in [0.2, 0.25) is 0 Å². The van der Waals surface area contributed by atoms with Crippen molar-refractivity contribution in [3.63, 3.8) is 0 Å². The molecule has 0 unspecified atom stereocenters. The molecule has 34 heavy (non-hydrogen) atoms. The minimum Gasteiger partial charge on any atom is -0.381 e. The van der Waals surface area contributed by atoms with Crippen LogP contribution < -0.4 is 0 Å². The second-order valence-corrected chi connectivity index (χ2v) is 10.8. The van der Waals surface area contributed by atoms with Crippen molar-refractivity contribution in [2.24, 2.45) is 0 Å². The van der Waals surface area contributed by atoms with E-state index in [4.69, 9.17) is 4.74 Å². The first-order valence-corrected chi connectivity index (χ1v) is 16.0. The summed E-state index contributed by atoms with van der Waals surface area (Å²) in [6.07, 6.45) is 40.1. The molecule has 0 aliphatic heterocycles. The summed E-state index contributed by atoms with van der Waals surface area (Å²) < 4.78 is 5.85. The second kappa shape index (κ2) is 36.1. The molecule has 0 aliphatic rings. The Hall–Kier alpha value is 0.960. The smallest absolute Gasteiger partial charge is 0.0466 e. The fourth-order valence-electron chi connectivity index (χ4n) is 4.90. The molecule has 0 N–H and O–H groups in total. The van der Waals surface area contributed by atoms with Crippen LogP contribution in [-0.4, -0.2) is 42.8 Å². The molecule has 0 atom stereocenters. The topological polar surface area (TPSA) is 9.23 Å². The quantitative estimate of drug-likeness (QED) is 0.0720. The van der Waals surface area contributed by atoms with Crippen LogP contribution in [-0.2, 0) is 4.74 Å². The summed E-state index contributed by atoms with van der Waals surface area (Å²) in [6, 6.07) is 0. The number of rotatable bonds is 30. The fourth-order valence-corrected chi connectivity index (χ4v) is 4.90. The third-order valence-electron chi connectivity index (χ3n) is 7.28. The van der Waals surface area contributed by atoms with Gasteiger partial charge in [-0.15, -0.1) is 0 Å². The van der Waals surface area contributed by atoms with E-state index in [-0.39, 0.29) is 29.6 Å². The van der Waals surface area contributed by atoms with Gasteiger partial charge >= 0.3 is 0 Å². The third kappa shape index (κ3) is 35.1. The Bertz CT molecular complexity index is 290. The minimum absolute atomic E-state index is 0.